The number of para-hydroxylation sites is 1. The van der Waals surface area contributed by atoms with Crippen molar-refractivity contribution in [3.8, 4) is 0 Å². The van der Waals surface area contributed by atoms with Gasteiger partial charge in [-0.05, 0) is 65.3 Å². The van der Waals surface area contributed by atoms with Gasteiger partial charge in [-0.15, -0.1) is 0 Å². The number of nitrogens with one attached hydrogen (secondary N) is 2. The summed E-state index contributed by atoms with van der Waals surface area (Å²) in [5.41, 5.74) is 7.98. The molecule has 41 heavy (non-hydrogen) atoms. The average molecular weight is 554 g/mol. The van der Waals surface area contributed by atoms with Crippen molar-refractivity contribution in [2.24, 2.45) is 0 Å². The Morgan fingerprint density at radius 1 is 1.10 bits per heavy atom. The van der Waals surface area contributed by atoms with Crippen LogP contribution in [0.5, 0.6) is 0 Å². The van der Waals surface area contributed by atoms with Gasteiger partial charge in [0.15, 0.2) is 0 Å². The monoisotopic (exact) mass is 553 g/mol. The minimum Gasteiger partial charge on any atom is -0.378 e. The molecule has 1 saturated heterocycles. The number of hydrogen-bond acceptors (Lipinski definition) is 5. The summed E-state index contributed by atoms with van der Waals surface area (Å²) in [7, 11) is 0. The molecule has 1 fully saturated rings. The molecule has 2 aromatic heterocycles. The van der Waals surface area contributed by atoms with E-state index in [1.807, 2.05) is 23.1 Å². The molecule has 4 aromatic rings. The van der Waals surface area contributed by atoms with Crippen LogP contribution in [0.2, 0.25) is 0 Å². The van der Waals surface area contributed by atoms with Crippen LogP contribution in [-0.2, 0) is 29.0 Å². The average Bonchev–Trinajstić information content (AvgIpc) is 3.76. The molecule has 0 spiro atoms. The Hall–Kier alpha value is -4.18. The van der Waals surface area contributed by atoms with Crippen LogP contribution in [0.15, 0.2) is 72.9 Å². The van der Waals surface area contributed by atoms with E-state index >= 15 is 0 Å². The second-order valence-electron chi connectivity index (χ2n) is 10.7. The van der Waals surface area contributed by atoms with E-state index in [0.29, 0.717) is 38.5 Å². The van der Waals surface area contributed by atoms with E-state index in [4.69, 9.17) is 9.94 Å². The standard InChI is InChI=1S/C32H35N5O4/c38-31(34-40)12-6-23-5-9-27-25(21-23)7-11-30(27)37(16-15-35-14-13-24-3-1-2-4-29(24)35)22-26-8-10-28(33-26)32(39)36-17-19-41-20-18-36/h1-6,8-10,12-14,21,30,33,40H,7,11,15-20,22H2,(H,34,38). The molecule has 212 valence electrons. The second kappa shape index (κ2) is 12.1. The van der Waals surface area contributed by atoms with E-state index in [2.05, 4.69) is 63.1 Å². The van der Waals surface area contributed by atoms with Crippen LogP contribution in [0.25, 0.3) is 17.0 Å². The Morgan fingerprint density at radius 2 is 1.95 bits per heavy atom. The first-order chi connectivity index (χ1) is 20.1. The van der Waals surface area contributed by atoms with Gasteiger partial charge in [0.05, 0.1) is 13.2 Å². The molecule has 9 heteroatoms. The number of ether oxygens (including phenoxy) is 1. The van der Waals surface area contributed by atoms with Crippen LogP contribution < -0.4 is 5.48 Å². The largest absolute Gasteiger partial charge is 0.378 e. The first-order valence-corrected chi connectivity index (χ1v) is 14.2. The van der Waals surface area contributed by atoms with Crippen LogP contribution in [0.4, 0.5) is 0 Å². The minimum atomic E-state index is -0.551. The van der Waals surface area contributed by atoms with Gasteiger partial charge in [0.25, 0.3) is 11.8 Å². The summed E-state index contributed by atoms with van der Waals surface area (Å²) in [6.07, 6.45) is 7.12. The summed E-state index contributed by atoms with van der Waals surface area (Å²) >= 11 is 0. The Morgan fingerprint density at radius 3 is 2.80 bits per heavy atom. The van der Waals surface area contributed by atoms with Crippen molar-refractivity contribution in [1.82, 2.24) is 24.8 Å². The lowest BCUT2D eigenvalue weighted by molar-refractivity contribution is -0.124. The number of aryl methyl sites for hydroxylation is 1. The van der Waals surface area contributed by atoms with Crippen LogP contribution in [0.1, 0.15) is 45.3 Å². The summed E-state index contributed by atoms with van der Waals surface area (Å²) in [5.74, 6) is -0.531. The maximum Gasteiger partial charge on any atom is 0.270 e. The van der Waals surface area contributed by atoms with Gasteiger partial charge in [0.1, 0.15) is 5.69 Å². The number of H-pyrrole nitrogens is 1. The van der Waals surface area contributed by atoms with E-state index in [0.717, 1.165) is 37.2 Å². The highest BCUT2D eigenvalue weighted by Crippen LogP contribution is 2.37. The van der Waals surface area contributed by atoms with Crippen LogP contribution >= 0.6 is 0 Å². The van der Waals surface area contributed by atoms with Crippen molar-refractivity contribution in [3.63, 3.8) is 0 Å². The van der Waals surface area contributed by atoms with Gasteiger partial charge >= 0.3 is 0 Å². The lowest BCUT2D eigenvalue weighted by Crippen LogP contribution is -2.40. The van der Waals surface area contributed by atoms with Crippen molar-refractivity contribution < 1.29 is 19.5 Å². The molecule has 2 aromatic carbocycles. The molecule has 0 radical (unpaired) electrons. The molecule has 3 N–H and O–H groups in total. The molecule has 3 heterocycles. The first kappa shape index (κ1) is 27.0. The van der Waals surface area contributed by atoms with Crippen LogP contribution in [0.3, 0.4) is 0 Å². The smallest absolute Gasteiger partial charge is 0.270 e. The third-order valence-corrected chi connectivity index (χ3v) is 8.15. The number of aromatic amines is 1. The van der Waals surface area contributed by atoms with E-state index in [1.165, 1.54) is 28.1 Å². The number of fused-ring (bicyclic) bond motifs is 2. The topological polar surface area (TPSA) is 103 Å². The van der Waals surface area contributed by atoms with Crippen LogP contribution in [-0.4, -0.2) is 69.2 Å². The molecule has 1 aliphatic carbocycles. The van der Waals surface area contributed by atoms with Gasteiger partial charge in [-0.1, -0.05) is 36.4 Å². The first-order valence-electron chi connectivity index (χ1n) is 14.2. The molecular formula is C32H35N5O4. The number of hydroxylamine groups is 1. The Bertz CT molecular complexity index is 1570. The third-order valence-electron chi connectivity index (χ3n) is 8.15. The normalized spacial score (nSPS) is 17.0. The van der Waals surface area contributed by atoms with Gasteiger partial charge < -0.3 is 19.2 Å². The van der Waals surface area contributed by atoms with Crippen molar-refractivity contribution in [2.45, 2.75) is 32.0 Å². The molecule has 2 amide bonds. The van der Waals surface area contributed by atoms with E-state index in [1.54, 1.807) is 11.6 Å². The quantitative estimate of drug-likeness (QED) is 0.164. The lowest BCUT2D eigenvalue weighted by atomic mass is 10.0. The molecule has 1 aliphatic heterocycles. The highest BCUT2D eigenvalue weighted by atomic mass is 16.5. The van der Waals surface area contributed by atoms with Gasteiger partial charge in [0.2, 0.25) is 0 Å². The van der Waals surface area contributed by atoms with Crippen molar-refractivity contribution in [3.05, 3.63) is 101 Å². The summed E-state index contributed by atoms with van der Waals surface area (Å²) in [5, 5.41) is 10.0. The summed E-state index contributed by atoms with van der Waals surface area (Å²) in [4.78, 5) is 32.2. The van der Waals surface area contributed by atoms with Gasteiger partial charge in [-0.25, -0.2) is 5.48 Å². The number of carbonyl (C=O) groups excluding carboxylic acids is 2. The fourth-order valence-electron chi connectivity index (χ4n) is 6.04. The number of nitrogens with zero attached hydrogens (tertiary/aromatic N) is 3. The predicted octanol–water partition coefficient (Wildman–Crippen LogP) is 4.15. The molecule has 0 bridgehead atoms. The zero-order chi connectivity index (χ0) is 28.2. The lowest BCUT2D eigenvalue weighted by Gasteiger charge is -2.30. The second-order valence-corrected chi connectivity index (χ2v) is 10.7. The van der Waals surface area contributed by atoms with Crippen LogP contribution in [0, 0.1) is 0 Å². The SMILES string of the molecule is O=C(C=Cc1ccc2c(c1)CCC2N(CCn1ccc2ccccc21)Cc1ccc(C(=O)N2CCOCC2)[nH]1)NO. The molecule has 0 saturated carbocycles. The number of benzene rings is 2. The minimum absolute atomic E-state index is 0.0200. The number of aromatic nitrogens is 2. The van der Waals surface area contributed by atoms with Crippen molar-refractivity contribution in [1.29, 1.82) is 0 Å². The van der Waals surface area contributed by atoms with Gasteiger partial charge in [-0.3, -0.25) is 19.7 Å². The molecule has 1 atom stereocenters. The van der Waals surface area contributed by atoms with E-state index in [9.17, 15) is 9.59 Å². The summed E-state index contributed by atoms with van der Waals surface area (Å²) in [6, 6.07) is 21.1. The number of morpholine rings is 1. The molecule has 6 rings (SSSR count). The predicted molar refractivity (Wildman–Crippen MR) is 156 cm³/mol. The highest BCUT2D eigenvalue weighted by molar-refractivity contribution is 5.92. The Kier molecular flexibility index (Phi) is 8.00. The Labute approximate surface area is 239 Å². The highest BCUT2D eigenvalue weighted by Gasteiger charge is 2.29. The van der Waals surface area contributed by atoms with E-state index < -0.39 is 5.91 Å². The van der Waals surface area contributed by atoms with Gasteiger partial charge in [-0.2, -0.15) is 0 Å². The fraction of sp³-hybridized carbons (Fsp3) is 0.312. The number of hydrogen-bond donors (Lipinski definition) is 3. The number of carbonyl (C=O) groups is 2. The maximum absolute atomic E-state index is 13.0. The summed E-state index contributed by atoms with van der Waals surface area (Å²) < 4.78 is 7.71. The zero-order valence-electron chi connectivity index (χ0n) is 23.0. The van der Waals surface area contributed by atoms with Crippen molar-refractivity contribution >= 4 is 28.8 Å². The Balaban J connectivity index is 1.23. The molecule has 9 nitrogen and oxygen atoms in total. The van der Waals surface area contributed by atoms with E-state index in [-0.39, 0.29) is 11.9 Å². The van der Waals surface area contributed by atoms with Gasteiger partial charge in [0, 0.05) is 62.2 Å². The number of rotatable bonds is 9. The summed E-state index contributed by atoms with van der Waals surface area (Å²) in [6.45, 7) is 4.76. The maximum atomic E-state index is 13.0. The molecular weight excluding hydrogens is 518 g/mol. The molecule has 1 unspecified atom stereocenters. The number of amides is 2. The molecule has 2 aliphatic rings. The fourth-order valence-corrected chi connectivity index (χ4v) is 6.04. The van der Waals surface area contributed by atoms with Crippen molar-refractivity contribution in [2.75, 3.05) is 32.8 Å². The third kappa shape index (κ3) is 5.97. The zero-order valence-corrected chi connectivity index (χ0v) is 23.0.